The van der Waals surface area contributed by atoms with E-state index in [4.69, 9.17) is 16.7 Å². The van der Waals surface area contributed by atoms with Gasteiger partial charge in [-0.3, -0.25) is 14.9 Å². The predicted octanol–water partition coefficient (Wildman–Crippen LogP) is 0.345. The number of nitro groups is 1. The summed E-state index contributed by atoms with van der Waals surface area (Å²) in [6.45, 7) is -0.402. The number of aliphatic carboxylic acids is 1. The molecule has 5 nitrogen and oxygen atoms in total. The van der Waals surface area contributed by atoms with Gasteiger partial charge in [0.25, 0.3) is 0 Å². The highest BCUT2D eigenvalue weighted by Gasteiger charge is 2.15. The topological polar surface area (TPSA) is 80.4 Å². The molecule has 0 aromatic carbocycles. The van der Waals surface area contributed by atoms with E-state index in [1.54, 1.807) is 0 Å². The van der Waals surface area contributed by atoms with Crippen LogP contribution in [-0.2, 0) is 4.79 Å². The molecule has 58 valence electrons. The third-order valence-electron chi connectivity index (χ3n) is 0.833. The molecule has 0 amide bonds. The fraction of sp³-hybridized carbons (Fsp3) is 0.750. The molecule has 0 aromatic heterocycles. The van der Waals surface area contributed by atoms with Crippen molar-refractivity contribution in [2.24, 2.45) is 0 Å². The summed E-state index contributed by atoms with van der Waals surface area (Å²) in [4.78, 5) is 19.0. The Bertz CT molecular complexity index is 148. The van der Waals surface area contributed by atoms with E-state index in [1.165, 1.54) is 0 Å². The van der Waals surface area contributed by atoms with Crippen molar-refractivity contribution in [3.05, 3.63) is 10.1 Å². The largest absolute Gasteiger partial charge is 0.480 e. The van der Waals surface area contributed by atoms with Crippen LogP contribution in [-0.4, -0.2) is 27.9 Å². The summed E-state index contributed by atoms with van der Waals surface area (Å²) in [5, 5.41) is 16.7. The second kappa shape index (κ2) is 4.05. The zero-order chi connectivity index (χ0) is 8.15. The molecule has 0 radical (unpaired) electrons. The van der Waals surface area contributed by atoms with E-state index in [-0.39, 0.29) is 6.42 Å². The van der Waals surface area contributed by atoms with Gasteiger partial charge < -0.3 is 5.11 Å². The zero-order valence-corrected chi connectivity index (χ0v) is 5.74. The minimum Gasteiger partial charge on any atom is -0.480 e. The first kappa shape index (κ1) is 9.16. The Hall–Kier alpha value is -0.840. The SMILES string of the molecule is O=C(O)C(Cl)CC[N+](=O)[O-]. The normalized spacial score (nSPS) is 12.5. The summed E-state index contributed by atoms with van der Waals surface area (Å²) >= 11 is 5.16. The minimum absolute atomic E-state index is 0.135. The molecule has 1 atom stereocenters. The molecule has 0 aromatic rings. The Balaban J connectivity index is 3.49. The van der Waals surface area contributed by atoms with Gasteiger partial charge in [-0.25, -0.2) is 0 Å². The Morgan fingerprint density at radius 2 is 2.30 bits per heavy atom. The average Bonchev–Trinajstić information content (AvgIpc) is 1.82. The summed E-state index contributed by atoms with van der Waals surface area (Å²) in [6.07, 6.45) is -0.135. The maximum absolute atomic E-state index is 9.96. The van der Waals surface area contributed by atoms with Crippen LogP contribution in [0.2, 0.25) is 0 Å². The number of carbonyl (C=O) groups is 1. The van der Waals surface area contributed by atoms with E-state index in [0.29, 0.717) is 0 Å². The lowest BCUT2D eigenvalue weighted by Gasteiger charge is -1.97. The highest BCUT2D eigenvalue weighted by Crippen LogP contribution is 2.00. The van der Waals surface area contributed by atoms with Gasteiger partial charge in [-0.2, -0.15) is 0 Å². The number of halogens is 1. The van der Waals surface area contributed by atoms with E-state index in [0.717, 1.165) is 0 Å². The molecule has 0 fully saturated rings. The zero-order valence-electron chi connectivity index (χ0n) is 4.99. The van der Waals surface area contributed by atoms with Gasteiger partial charge in [-0.1, -0.05) is 0 Å². The van der Waals surface area contributed by atoms with Gasteiger partial charge in [0.2, 0.25) is 6.54 Å². The highest BCUT2D eigenvalue weighted by molar-refractivity contribution is 6.29. The van der Waals surface area contributed by atoms with Crippen molar-refractivity contribution in [3.63, 3.8) is 0 Å². The fourth-order valence-corrected chi connectivity index (χ4v) is 0.440. The van der Waals surface area contributed by atoms with E-state index in [2.05, 4.69) is 0 Å². The highest BCUT2D eigenvalue weighted by atomic mass is 35.5. The van der Waals surface area contributed by atoms with Crippen LogP contribution in [0, 0.1) is 10.1 Å². The Kier molecular flexibility index (Phi) is 3.71. The van der Waals surface area contributed by atoms with Crippen LogP contribution in [0.25, 0.3) is 0 Å². The molecule has 0 bridgehead atoms. The molecule has 0 saturated carbocycles. The van der Waals surface area contributed by atoms with Gasteiger partial charge in [0.05, 0.1) is 0 Å². The molecule has 0 aliphatic heterocycles. The van der Waals surface area contributed by atoms with Crippen LogP contribution in [0.5, 0.6) is 0 Å². The molecule has 0 aliphatic rings. The molecule has 0 saturated heterocycles. The smallest absolute Gasteiger partial charge is 0.321 e. The third-order valence-corrected chi connectivity index (χ3v) is 1.24. The van der Waals surface area contributed by atoms with Crippen LogP contribution in [0.15, 0.2) is 0 Å². The number of carboxylic acid groups (broad SMARTS) is 1. The third kappa shape index (κ3) is 4.08. The maximum Gasteiger partial charge on any atom is 0.321 e. The van der Waals surface area contributed by atoms with E-state index < -0.39 is 22.8 Å². The molecule has 1 N–H and O–H groups in total. The van der Waals surface area contributed by atoms with Crippen LogP contribution in [0.3, 0.4) is 0 Å². The van der Waals surface area contributed by atoms with Crippen molar-refractivity contribution < 1.29 is 14.8 Å². The van der Waals surface area contributed by atoms with Gasteiger partial charge in [0.1, 0.15) is 5.38 Å². The molecule has 0 spiro atoms. The van der Waals surface area contributed by atoms with Gasteiger partial charge in [-0.05, 0) is 0 Å². The first-order valence-corrected chi connectivity index (χ1v) is 2.96. The van der Waals surface area contributed by atoms with Crippen LogP contribution < -0.4 is 0 Å². The Morgan fingerprint density at radius 3 is 2.60 bits per heavy atom. The van der Waals surface area contributed by atoms with Crippen molar-refractivity contribution >= 4 is 17.6 Å². The summed E-state index contributed by atoms with van der Waals surface area (Å²) in [7, 11) is 0. The standard InChI is InChI=1S/C4H6ClNO4/c5-3(4(7)8)1-2-6(9)10/h3H,1-2H2,(H,7,8). The van der Waals surface area contributed by atoms with Crippen molar-refractivity contribution in [2.75, 3.05) is 6.54 Å². The van der Waals surface area contributed by atoms with E-state index >= 15 is 0 Å². The number of hydrogen-bond donors (Lipinski definition) is 1. The van der Waals surface area contributed by atoms with Crippen molar-refractivity contribution in [1.29, 1.82) is 0 Å². The lowest BCUT2D eigenvalue weighted by molar-refractivity contribution is -0.480. The summed E-state index contributed by atoms with van der Waals surface area (Å²) in [5.41, 5.74) is 0. The predicted molar refractivity (Wildman–Crippen MR) is 33.8 cm³/mol. The van der Waals surface area contributed by atoms with Crippen LogP contribution in [0.1, 0.15) is 6.42 Å². The molecule has 0 aliphatic carbocycles. The van der Waals surface area contributed by atoms with E-state index in [9.17, 15) is 14.9 Å². The van der Waals surface area contributed by atoms with Crippen LogP contribution in [0.4, 0.5) is 0 Å². The lowest BCUT2D eigenvalue weighted by Crippen LogP contribution is -2.17. The van der Waals surface area contributed by atoms with Gasteiger partial charge in [0.15, 0.2) is 0 Å². The molecule has 10 heavy (non-hydrogen) atoms. The molecule has 0 heterocycles. The summed E-state index contributed by atoms with van der Waals surface area (Å²) < 4.78 is 0. The fourth-order valence-electron chi connectivity index (χ4n) is 0.342. The Labute approximate surface area is 61.7 Å². The minimum atomic E-state index is -1.22. The quantitative estimate of drug-likeness (QED) is 0.372. The molecule has 1 unspecified atom stereocenters. The van der Waals surface area contributed by atoms with Gasteiger partial charge in [-0.15, -0.1) is 11.6 Å². The van der Waals surface area contributed by atoms with Crippen molar-refractivity contribution in [3.8, 4) is 0 Å². The second-order valence-corrected chi connectivity index (χ2v) is 2.18. The monoisotopic (exact) mass is 167 g/mol. The molecule has 0 rings (SSSR count). The average molecular weight is 168 g/mol. The van der Waals surface area contributed by atoms with Crippen molar-refractivity contribution in [2.45, 2.75) is 11.8 Å². The summed E-state index contributed by atoms with van der Waals surface area (Å²) in [6, 6.07) is 0. The van der Waals surface area contributed by atoms with Crippen LogP contribution >= 0.6 is 11.6 Å². The molecule has 6 heteroatoms. The van der Waals surface area contributed by atoms with Gasteiger partial charge in [0, 0.05) is 11.3 Å². The van der Waals surface area contributed by atoms with Crippen molar-refractivity contribution in [1.82, 2.24) is 0 Å². The second-order valence-electron chi connectivity index (χ2n) is 1.65. The van der Waals surface area contributed by atoms with Gasteiger partial charge >= 0.3 is 5.97 Å². The Morgan fingerprint density at radius 1 is 1.80 bits per heavy atom. The number of carboxylic acids is 1. The number of nitrogens with zero attached hydrogens (tertiary/aromatic N) is 1. The lowest BCUT2D eigenvalue weighted by atomic mass is 10.3. The summed E-state index contributed by atoms with van der Waals surface area (Å²) in [5.74, 6) is -1.22. The van der Waals surface area contributed by atoms with E-state index in [1.807, 2.05) is 0 Å². The number of rotatable bonds is 4. The maximum atomic E-state index is 9.96. The first-order chi connectivity index (χ1) is 4.54. The number of alkyl halides is 1. The molecular weight excluding hydrogens is 161 g/mol. The first-order valence-electron chi connectivity index (χ1n) is 2.52. The number of hydrogen-bond acceptors (Lipinski definition) is 3. The molecular formula is C4H6ClNO4.